The van der Waals surface area contributed by atoms with Gasteiger partial charge in [-0.3, -0.25) is 0 Å². The maximum absolute atomic E-state index is 6.35. The van der Waals surface area contributed by atoms with Gasteiger partial charge < -0.3 is 10.3 Å². The van der Waals surface area contributed by atoms with Gasteiger partial charge in [0.05, 0.1) is 12.1 Å². The van der Waals surface area contributed by atoms with E-state index in [0.717, 1.165) is 12.2 Å². The highest BCUT2D eigenvalue weighted by atomic mass is 15.1. The van der Waals surface area contributed by atoms with Gasteiger partial charge in [-0.05, 0) is 19.4 Å². The van der Waals surface area contributed by atoms with Crippen LogP contribution in [0.1, 0.15) is 42.9 Å². The predicted octanol–water partition coefficient (Wildman–Crippen LogP) is 3.01. The summed E-state index contributed by atoms with van der Waals surface area (Å²) in [6.07, 6.45) is 4.78. The molecule has 18 heavy (non-hydrogen) atoms. The van der Waals surface area contributed by atoms with Crippen LogP contribution >= 0.6 is 0 Å². The summed E-state index contributed by atoms with van der Waals surface area (Å²) >= 11 is 0. The van der Waals surface area contributed by atoms with Crippen molar-refractivity contribution in [3.05, 3.63) is 53.6 Å². The van der Waals surface area contributed by atoms with Gasteiger partial charge in [0, 0.05) is 18.8 Å². The Balaban J connectivity index is 2.23. The molecule has 0 fully saturated rings. The normalized spacial score (nSPS) is 14.4. The quantitative estimate of drug-likeness (QED) is 0.897. The van der Waals surface area contributed by atoms with Gasteiger partial charge in [-0.1, -0.05) is 36.8 Å². The summed E-state index contributed by atoms with van der Waals surface area (Å²) in [5.74, 6) is 1.09. The van der Waals surface area contributed by atoms with E-state index in [1.807, 2.05) is 12.4 Å². The smallest absolute Gasteiger partial charge is 0.108 e. The highest BCUT2D eigenvalue weighted by molar-refractivity contribution is 5.24. The third-order valence-corrected chi connectivity index (χ3v) is 3.49. The van der Waals surface area contributed by atoms with E-state index < -0.39 is 0 Å². The van der Waals surface area contributed by atoms with Gasteiger partial charge in [0.2, 0.25) is 0 Å². The summed E-state index contributed by atoms with van der Waals surface area (Å²) < 4.78 is 2.17. The van der Waals surface area contributed by atoms with Crippen LogP contribution in [0.15, 0.2) is 36.7 Å². The molecular formula is C15H21N3. The minimum atomic E-state index is -0.00917. The minimum Gasteiger partial charge on any atom is -0.330 e. The van der Waals surface area contributed by atoms with Gasteiger partial charge in [-0.25, -0.2) is 4.98 Å². The van der Waals surface area contributed by atoms with Crippen LogP contribution in [0, 0.1) is 6.92 Å². The van der Waals surface area contributed by atoms with Gasteiger partial charge in [0.1, 0.15) is 5.82 Å². The van der Waals surface area contributed by atoms with E-state index in [0.29, 0.717) is 0 Å². The first-order valence-corrected chi connectivity index (χ1v) is 6.47. The van der Waals surface area contributed by atoms with Crippen molar-refractivity contribution in [2.24, 2.45) is 5.73 Å². The van der Waals surface area contributed by atoms with Crippen molar-refractivity contribution < 1.29 is 0 Å². The number of rotatable bonds is 4. The number of hydrogen-bond donors (Lipinski definition) is 1. The lowest BCUT2D eigenvalue weighted by Gasteiger charge is -2.23. The maximum atomic E-state index is 6.35. The number of nitrogens with zero attached hydrogens (tertiary/aromatic N) is 2. The first-order chi connectivity index (χ1) is 8.63. The fraction of sp³-hybridized carbons (Fsp3) is 0.400. The Bertz CT molecular complexity index is 499. The van der Waals surface area contributed by atoms with E-state index in [4.69, 9.17) is 5.73 Å². The molecular weight excluding hydrogens is 222 g/mol. The number of imidazole rings is 1. The number of aryl methyl sites for hydroxylation is 2. The van der Waals surface area contributed by atoms with Crippen LogP contribution in [0.25, 0.3) is 0 Å². The molecule has 0 amide bonds. The van der Waals surface area contributed by atoms with Gasteiger partial charge in [0.25, 0.3) is 0 Å². The monoisotopic (exact) mass is 243 g/mol. The van der Waals surface area contributed by atoms with Crippen molar-refractivity contribution in [3.63, 3.8) is 0 Å². The molecule has 3 nitrogen and oxygen atoms in total. The number of aromatic nitrogens is 2. The van der Waals surface area contributed by atoms with Crippen molar-refractivity contribution in [3.8, 4) is 0 Å². The third kappa shape index (κ3) is 2.46. The molecule has 1 aromatic heterocycles. The molecule has 0 bridgehead atoms. The maximum Gasteiger partial charge on any atom is 0.108 e. The molecule has 2 N–H and O–H groups in total. The van der Waals surface area contributed by atoms with Crippen molar-refractivity contribution in [2.75, 3.05) is 0 Å². The topological polar surface area (TPSA) is 43.8 Å². The predicted molar refractivity (Wildman–Crippen MR) is 74.4 cm³/mol. The van der Waals surface area contributed by atoms with Crippen LogP contribution in [0.4, 0.5) is 0 Å². The molecule has 0 radical (unpaired) electrons. The molecule has 0 saturated carbocycles. The average molecular weight is 243 g/mol. The summed E-state index contributed by atoms with van der Waals surface area (Å²) in [4.78, 5) is 4.35. The summed E-state index contributed by atoms with van der Waals surface area (Å²) in [5.41, 5.74) is 8.78. The molecule has 0 aliphatic heterocycles. The van der Waals surface area contributed by atoms with E-state index in [2.05, 4.69) is 54.6 Å². The molecule has 2 aromatic rings. The fourth-order valence-corrected chi connectivity index (χ4v) is 2.23. The van der Waals surface area contributed by atoms with Crippen LogP contribution < -0.4 is 5.73 Å². The van der Waals surface area contributed by atoms with Gasteiger partial charge in [-0.2, -0.15) is 0 Å². The summed E-state index contributed by atoms with van der Waals surface area (Å²) in [6, 6.07) is 8.64. The number of benzene rings is 1. The van der Waals surface area contributed by atoms with Crippen molar-refractivity contribution in [1.29, 1.82) is 0 Å². The second-order valence-corrected chi connectivity index (χ2v) is 4.78. The zero-order valence-electron chi connectivity index (χ0n) is 11.3. The Labute approximate surface area is 109 Å². The Morgan fingerprint density at radius 2 is 1.94 bits per heavy atom. The van der Waals surface area contributed by atoms with Crippen LogP contribution in [-0.2, 0) is 6.42 Å². The Hall–Kier alpha value is -1.61. The molecule has 0 aliphatic rings. The third-order valence-electron chi connectivity index (χ3n) is 3.49. The second kappa shape index (κ2) is 5.36. The van der Waals surface area contributed by atoms with Gasteiger partial charge in [0.15, 0.2) is 0 Å². The van der Waals surface area contributed by atoms with E-state index in [9.17, 15) is 0 Å². The summed E-state index contributed by atoms with van der Waals surface area (Å²) in [5, 5.41) is 0. The Morgan fingerprint density at radius 3 is 2.56 bits per heavy atom. The second-order valence-electron chi connectivity index (χ2n) is 4.78. The molecule has 96 valence electrons. The zero-order chi connectivity index (χ0) is 13.1. The highest BCUT2D eigenvalue weighted by Crippen LogP contribution is 2.25. The lowest BCUT2D eigenvalue weighted by molar-refractivity contribution is 0.440. The van der Waals surface area contributed by atoms with Crippen molar-refractivity contribution >= 4 is 0 Å². The van der Waals surface area contributed by atoms with Crippen LogP contribution in [0.2, 0.25) is 0 Å². The van der Waals surface area contributed by atoms with E-state index in [-0.39, 0.29) is 12.1 Å². The van der Waals surface area contributed by atoms with Gasteiger partial charge >= 0.3 is 0 Å². The van der Waals surface area contributed by atoms with Gasteiger partial charge in [-0.15, -0.1) is 0 Å². The van der Waals surface area contributed by atoms with Crippen molar-refractivity contribution in [2.45, 2.75) is 39.3 Å². The largest absolute Gasteiger partial charge is 0.330 e. The lowest BCUT2D eigenvalue weighted by Crippen LogP contribution is -2.23. The molecule has 0 aliphatic carbocycles. The van der Waals surface area contributed by atoms with Crippen LogP contribution in [-0.4, -0.2) is 9.55 Å². The molecule has 2 unspecified atom stereocenters. The van der Waals surface area contributed by atoms with Crippen LogP contribution in [0.3, 0.4) is 0 Å². The fourth-order valence-electron chi connectivity index (χ4n) is 2.23. The number of hydrogen-bond acceptors (Lipinski definition) is 2. The number of nitrogens with two attached hydrogens (primary N) is 1. The Morgan fingerprint density at radius 1 is 1.28 bits per heavy atom. The summed E-state index contributed by atoms with van der Waals surface area (Å²) in [7, 11) is 0. The van der Waals surface area contributed by atoms with E-state index >= 15 is 0 Å². The highest BCUT2D eigenvalue weighted by Gasteiger charge is 2.18. The lowest BCUT2D eigenvalue weighted by atomic mass is 10.00. The molecule has 2 rings (SSSR count). The minimum absolute atomic E-state index is 0.00917. The molecule has 1 heterocycles. The molecule has 2 atom stereocenters. The standard InChI is InChI=1S/C15H21N3/c1-4-14-17-9-10-18(14)12(3)15(16)13-7-5-11(2)6-8-13/h5-10,12,15H,4,16H2,1-3H3. The van der Waals surface area contributed by atoms with Crippen molar-refractivity contribution in [1.82, 2.24) is 9.55 Å². The molecule has 0 saturated heterocycles. The van der Waals surface area contributed by atoms with E-state index in [1.165, 1.54) is 11.1 Å². The average Bonchev–Trinajstić information content (AvgIpc) is 2.86. The van der Waals surface area contributed by atoms with Crippen LogP contribution in [0.5, 0.6) is 0 Å². The SMILES string of the molecule is CCc1nccn1C(C)C(N)c1ccc(C)cc1. The summed E-state index contributed by atoms with van der Waals surface area (Å²) in [6.45, 7) is 6.35. The van der Waals surface area contributed by atoms with E-state index in [1.54, 1.807) is 0 Å². The first kappa shape index (κ1) is 12.8. The molecule has 3 heteroatoms. The molecule has 1 aromatic carbocycles. The first-order valence-electron chi connectivity index (χ1n) is 6.47. The Kier molecular flexibility index (Phi) is 3.82. The molecule has 0 spiro atoms. The zero-order valence-corrected chi connectivity index (χ0v) is 11.3.